The van der Waals surface area contributed by atoms with Gasteiger partial charge in [0, 0.05) is 22.8 Å². The highest BCUT2D eigenvalue weighted by atomic mass is 32.2. The van der Waals surface area contributed by atoms with Gasteiger partial charge in [0.15, 0.2) is 11.0 Å². The van der Waals surface area contributed by atoms with Crippen LogP contribution in [0.3, 0.4) is 0 Å². The highest BCUT2D eigenvalue weighted by Gasteiger charge is 2.24. The van der Waals surface area contributed by atoms with E-state index in [1.165, 1.54) is 34.4 Å². The quantitative estimate of drug-likeness (QED) is 0.490. The Morgan fingerprint density at radius 2 is 2.03 bits per heavy atom. The first-order valence-corrected chi connectivity index (χ1v) is 13.1. The summed E-state index contributed by atoms with van der Waals surface area (Å²) in [6.45, 7) is 1.36. The second kappa shape index (κ2) is 10.3. The number of benzene rings is 2. The molecule has 0 saturated carbocycles. The molecule has 0 bridgehead atoms. The summed E-state index contributed by atoms with van der Waals surface area (Å²) in [6, 6.07) is 14.5. The molecule has 1 fully saturated rings. The number of amides is 1. The van der Waals surface area contributed by atoms with E-state index in [1.54, 1.807) is 12.1 Å². The van der Waals surface area contributed by atoms with Gasteiger partial charge in [-0.05, 0) is 55.2 Å². The van der Waals surface area contributed by atoms with Crippen molar-refractivity contribution in [1.29, 1.82) is 0 Å². The summed E-state index contributed by atoms with van der Waals surface area (Å²) in [5, 5.41) is 12.6. The molecule has 0 aliphatic carbocycles. The van der Waals surface area contributed by atoms with E-state index in [1.807, 2.05) is 28.5 Å². The number of hydrogen-bond donors (Lipinski definition) is 1. The van der Waals surface area contributed by atoms with Crippen LogP contribution in [0.5, 0.6) is 0 Å². The number of carbonyl (C=O) groups is 1. The largest absolute Gasteiger partial charge is 0.376 e. The van der Waals surface area contributed by atoms with Crippen LogP contribution in [0, 0.1) is 5.82 Å². The maximum atomic E-state index is 13.4. The number of aromatic nitrogens is 3. The average Bonchev–Trinajstić information content (AvgIpc) is 3.49. The minimum absolute atomic E-state index is 0.0262. The lowest BCUT2D eigenvalue weighted by Gasteiger charge is -2.25. The predicted octanol–water partition coefficient (Wildman–Crippen LogP) is 4.71. The van der Waals surface area contributed by atoms with Crippen molar-refractivity contribution in [3.8, 4) is 11.4 Å². The molecular weight excluding hydrogens is 459 g/mol. The molecule has 2 aliphatic heterocycles. The van der Waals surface area contributed by atoms with Crippen molar-refractivity contribution in [3.63, 3.8) is 0 Å². The highest BCUT2D eigenvalue weighted by Crippen LogP contribution is 2.36. The lowest BCUT2D eigenvalue weighted by Crippen LogP contribution is -2.32. The fraction of sp³-hybridized carbons (Fsp3) is 0.375. The Balaban J connectivity index is 1.30. The number of rotatable bonds is 7. The molecule has 2 atom stereocenters. The van der Waals surface area contributed by atoms with Gasteiger partial charge in [-0.15, -0.1) is 22.0 Å². The first-order valence-electron chi connectivity index (χ1n) is 11.1. The fourth-order valence-electron chi connectivity index (χ4n) is 4.22. The van der Waals surface area contributed by atoms with E-state index in [0.717, 1.165) is 37.2 Å². The van der Waals surface area contributed by atoms with Gasteiger partial charge in [-0.25, -0.2) is 4.39 Å². The third-order valence-electron chi connectivity index (χ3n) is 5.86. The Kier molecular flexibility index (Phi) is 6.99. The summed E-state index contributed by atoms with van der Waals surface area (Å²) in [5.41, 5.74) is 1.97. The summed E-state index contributed by atoms with van der Waals surface area (Å²) < 4.78 is 21.2. The number of nitrogens with one attached hydrogen (secondary N) is 1. The number of ether oxygens (including phenoxy) is 1. The average molecular weight is 485 g/mol. The van der Waals surface area contributed by atoms with E-state index in [9.17, 15) is 9.18 Å². The molecule has 9 heteroatoms. The molecule has 2 aliphatic rings. The molecule has 1 amide bonds. The number of thioether (sulfide) groups is 2. The van der Waals surface area contributed by atoms with Gasteiger partial charge in [-0.1, -0.05) is 30.0 Å². The second-order valence-electron chi connectivity index (χ2n) is 8.14. The van der Waals surface area contributed by atoms with Crippen molar-refractivity contribution >= 4 is 29.4 Å². The van der Waals surface area contributed by atoms with E-state index in [0.29, 0.717) is 17.5 Å². The van der Waals surface area contributed by atoms with Crippen LogP contribution in [0.1, 0.15) is 30.9 Å². The number of carbonyl (C=O) groups excluding carboxylic acids is 1. The third kappa shape index (κ3) is 5.26. The van der Waals surface area contributed by atoms with Crippen LogP contribution in [0.4, 0.5) is 4.39 Å². The van der Waals surface area contributed by atoms with Crippen LogP contribution < -0.4 is 5.32 Å². The molecule has 1 N–H and O–H groups in total. The molecule has 33 heavy (non-hydrogen) atoms. The summed E-state index contributed by atoms with van der Waals surface area (Å²) in [7, 11) is 0. The van der Waals surface area contributed by atoms with Gasteiger partial charge < -0.3 is 10.1 Å². The van der Waals surface area contributed by atoms with Crippen molar-refractivity contribution in [3.05, 3.63) is 59.9 Å². The van der Waals surface area contributed by atoms with E-state index in [2.05, 4.69) is 27.6 Å². The molecule has 3 heterocycles. The van der Waals surface area contributed by atoms with Gasteiger partial charge in [0.1, 0.15) is 5.82 Å². The van der Waals surface area contributed by atoms with Crippen LogP contribution >= 0.6 is 23.5 Å². The zero-order valence-corrected chi connectivity index (χ0v) is 19.7. The fourth-order valence-corrected chi connectivity index (χ4v) is 6.11. The van der Waals surface area contributed by atoms with Gasteiger partial charge in [0.05, 0.1) is 24.4 Å². The van der Waals surface area contributed by atoms with E-state index < -0.39 is 0 Å². The molecule has 172 valence electrons. The van der Waals surface area contributed by atoms with E-state index >= 15 is 0 Å². The Bertz CT molecular complexity index is 1120. The van der Waals surface area contributed by atoms with Crippen molar-refractivity contribution in [2.45, 2.75) is 48.0 Å². The maximum Gasteiger partial charge on any atom is 0.230 e. The van der Waals surface area contributed by atoms with Crippen LogP contribution in [0.25, 0.3) is 11.4 Å². The zero-order valence-electron chi connectivity index (χ0n) is 18.1. The van der Waals surface area contributed by atoms with Crippen LogP contribution in [0.2, 0.25) is 0 Å². The zero-order chi connectivity index (χ0) is 22.6. The summed E-state index contributed by atoms with van der Waals surface area (Å²) in [4.78, 5) is 14.0. The lowest BCUT2D eigenvalue weighted by atomic mass is 10.0. The Labute approximate surface area is 200 Å². The maximum absolute atomic E-state index is 13.4. The summed E-state index contributed by atoms with van der Waals surface area (Å²) >= 11 is 3.20. The summed E-state index contributed by atoms with van der Waals surface area (Å²) in [6.07, 6.45) is 3.02. The van der Waals surface area contributed by atoms with Gasteiger partial charge in [0.25, 0.3) is 0 Å². The van der Waals surface area contributed by atoms with E-state index in [-0.39, 0.29) is 29.6 Å². The number of halogens is 1. The first-order chi connectivity index (χ1) is 16.2. The molecule has 2 aromatic carbocycles. The SMILES string of the molecule is O=C(CSc1nnc(-c2ccc(F)cc2)n1C[C@@H]1CCCO1)N[C@H]1CCSc2ccccc21. The van der Waals surface area contributed by atoms with Gasteiger partial charge in [-0.3, -0.25) is 9.36 Å². The predicted molar refractivity (Wildman–Crippen MR) is 128 cm³/mol. The number of hydrogen-bond acceptors (Lipinski definition) is 6. The Morgan fingerprint density at radius 3 is 2.85 bits per heavy atom. The monoisotopic (exact) mass is 484 g/mol. The Hall–Kier alpha value is -2.36. The molecule has 6 nitrogen and oxygen atoms in total. The van der Waals surface area contributed by atoms with Crippen molar-refractivity contribution in [2.24, 2.45) is 0 Å². The molecule has 1 saturated heterocycles. The third-order valence-corrected chi connectivity index (χ3v) is 7.94. The van der Waals surface area contributed by atoms with Gasteiger partial charge in [-0.2, -0.15) is 0 Å². The number of fused-ring (bicyclic) bond motifs is 1. The minimum atomic E-state index is -0.294. The molecule has 3 aromatic rings. The molecule has 0 unspecified atom stereocenters. The standard InChI is InChI=1S/C24H25FN4O2S2/c25-17-9-7-16(8-10-17)23-27-28-24(29(23)14-18-4-3-12-31-18)33-15-22(30)26-20-11-13-32-21-6-2-1-5-19(20)21/h1-2,5-10,18,20H,3-4,11-15H2,(H,26,30)/t18-,20-/m0/s1. The molecule has 0 spiro atoms. The second-order valence-corrected chi connectivity index (χ2v) is 10.2. The topological polar surface area (TPSA) is 69.0 Å². The normalized spacial score (nSPS) is 19.9. The van der Waals surface area contributed by atoms with E-state index in [4.69, 9.17) is 4.74 Å². The molecule has 5 rings (SSSR count). The lowest BCUT2D eigenvalue weighted by molar-refractivity contribution is -0.119. The van der Waals surface area contributed by atoms with Gasteiger partial charge >= 0.3 is 0 Å². The van der Waals surface area contributed by atoms with Gasteiger partial charge in [0.2, 0.25) is 5.91 Å². The molecule has 1 aromatic heterocycles. The van der Waals surface area contributed by atoms with Crippen LogP contribution in [-0.2, 0) is 16.1 Å². The van der Waals surface area contributed by atoms with Crippen molar-refractivity contribution < 1.29 is 13.9 Å². The van der Waals surface area contributed by atoms with Crippen LogP contribution in [-0.4, -0.2) is 44.9 Å². The Morgan fingerprint density at radius 1 is 1.18 bits per heavy atom. The molecular formula is C24H25FN4O2S2. The smallest absolute Gasteiger partial charge is 0.230 e. The highest BCUT2D eigenvalue weighted by molar-refractivity contribution is 7.99. The summed E-state index contributed by atoms with van der Waals surface area (Å²) in [5.74, 6) is 1.58. The van der Waals surface area contributed by atoms with Crippen LogP contribution in [0.15, 0.2) is 58.6 Å². The first kappa shape index (κ1) is 22.4. The van der Waals surface area contributed by atoms with Crippen molar-refractivity contribution in [1.82, 2.24) is 20.1 Å². The molecule has 0 radical (unpaired) electrons. The minimum Gasteiger partial charge on any atom is -0.376 e. The van der Waals surface area contributed by atoms with Crippen molar-refractivity contribution in [2.75, 3.05) is 18.1 Å². The number of nitrogens with zero attached hydrogens (tertiary/aromatic N) is 3.